The Labute approximate surface area is 114 Å². The summed E-state index contributed by atoms with van der Waals surface area (Å²) in [4.78, 5) is 0.270. The van der Waals surface area contributed by atoms with Gasteiger partial charge in [-0.1, -0.05) is 5.16 Å². The molecule has 1 aromatic heterocycles. The Bertz CT molecular complexity index is 566. The summed E-state index contributed by atoms with van der Waals surface area (Å²) in [7, 11) is -3.48. The van der Waals surface area contributed by atoms with Crippen molar-refractivity contribution in [1.82, 2.24) is 9.46 Å². The monoisotopic (exact) mass is 284 g/mol. The van der Waals surface area contributed by atoms with E-state index in [1.807, 2.05) is 6.92 Å². The average Bonchev–Trinajstić information content (AvgIpc) is 3.19. The molecule has 2 fully saturated rings. The Hall–Kier alpha value is -0.880. The molecule has 0 N–H and O–H groups in total. The van der Waals surface area contributed by atoms with Crippen molar-refractivity contribution in [2.24, 2.45) is 5.92 Å². The van der Waals surface area contributed by atoms with Crippen LogP contribution < -0.4 is 0 Å². The topological polar surface area (TPSA) is 63.4 Å². The molecule has 0 amide bonds. The highest BCUT2D eigenvalue weighted by Crippen LogP contribution is 2.43. The Morgan fingerprint density at radius 3 is 2.32 bits per heavy atom. The standard InChI is InChI=1S/C13H20N2O3S/c1-8-13(10(3)18-14-8)19(16,17)15(12-6-7-12)9(2)11-4-5-11/h9,11-12H,4-7H2,1-3H3. The fraction of sp³-hybridized carbons (Fsp3) is 0.769. The lowest BCUT2D eigenvalue weighted by Gasteiger charge is -2.28. The third-order valence-electron chi connectivity index (χ3n) is 4.12. The summed E-state index contributed by atoms with van der Waals surface area (Å²) < 4.78 is 32.6. The van der Waals surface area contributed by atoms with Gasteiger partial charge in [-0.15, -0.1) is 0 Å². The van der Waals surface area contributed by atoms with Crippen LogP contribution in [0.25, 0.3) is 0 Å². The highest BCUT2D eigenvalue weighted by Gasteiger charge is 2.47. The summed E-state index contributed by atoms with van der Waals surface area (Å²) in [6.07, 6.45) is 4.22. The highest BCUT2D eigenvalue weighted by molar-refractivity contribution is 7.89. The van der Waals surface area contributed by atoms with Gasteiger partial charge in [0.05, 0.1) is 0 Å². The minimum absolute atomic E-state index is 0.0891. The van der Waals surface area contributed by atoms with Crippen LogP contribution in [0.3, 0.4) is 0 Å². The van der Waals surface area contributed by atoms with E-state index in [1.54, 1.807) is 18.2 Å². The highest BCUT2D eigenvalue weighted by atomic mass is 32.2. The van der Waals surface area contributed by atoms with Crippen molar-refractivity contribution in [3.8, 4) is 0 Å². The van der Waals surface area contributed by atoms with E-state index in [-0.39, 0.29) is 17.0 Å². The molecule has 2 aliphatic rings. The lowest BCUT2D eigenvalue weighted by Crippen LogP contribution is -2.41. The van der Waals surface area contributed by atoms with Crippen LogP contribution in [-0.4, -0.2) is 30.0 Å². The first-order valence-electron chi connectivity index (χ1n) is 6.89. The van der Waals surface area contributed by atoms with Gasteiger partial charge < -0.3 is 4.52 Å². The van der Waals surface area contributed by atoms with E-state index in [2.05, 4.69) is 5.16 Å². The molecule has 5 nitrogen and oxygen atoms in total. The van der Waals surface area contributed by atoms with Gasteiger partial charge in [-0.25, -0.2) is 8.42 Å². The number of rotatable bonds is 5. The summed E-state index contributed by atoms with van der Waals surface area (Å²) in [6, 6.07) is 0.264. The van der Waals surface area contributed by atoms with Gasteiger partial charge in [0.15, 0.2) is 5.76 Å². The number of aryl methyl sites for hydroxylation is 2. The molecule has 1 heterocycles. The summed E-state index contributed by atoms with van der Waals surface area (Å²) in [5.41, 5.74) is 0.464. The fourth-order valence-corrected chi connectivity index (χ4v) is 5.05. The molecule has 3 rings (SSSR count). The van der Waals surface area contributed by atoms with Gasteiger partial charge in [0, 0.05) is 12.1 Å². The quantitative estimate of drug-likeness (QED) is 0.832. The minimum Gasteiger partial charge on any atom is -0.360 e. The van der Waals surface area contributed by atoms with Crippen LogP contribution in [0.2, 0.25) is 0 Å². The van der Waals surface area contributed by atoms with E-state index in [0.29, 0.717) is 17.4 Å². The molecule has 6 heteroatoms. The van der Waals surface area contributed by atoms with Gasteiger partial charge in [-0.2, -0.15) is 4.31 Å². The summed E-state index contributed by atoms with van der Waals surface area (Å²) in [5.74, 6) is 0.919. The van der Waals surface area contributed by atoms with E-state index in [1.165, 1.54) is 0 Å². The molecule has 0 aliphatic heterocycles. The van der Waals surface area contributed by atoms with Crippen LogP contribution in [0.4, 0.5) is 0 Å². The number of hydrogen-bond donors (Lipinski definition) is 0. The SMILES string of the molecule is Cc1noc(C)c1S(=O)(=O)N(C1CC1)C(C)C1CC1. The Kier molecular flexibility index (Phi) is 2.98. The predicted octanol–water partition coefficient (Wildman–Crippen LogP) is 2.24. The molecule has 1 atom stereocenters. The predicted molar refractivity (Wildman–Crippen MR) is 70.2 cm³/mol. The van der Waals surface area contributed by atoms with Crippen LogP contribution in [0.15, 0.2) is 9.42 Å². The molecule has 2 saturated carbocycles. The van der Waals surface area contributed by atoms with E-state index in [0.717, 1.165) is 25.7 Å². The van der Waals surface area contributed by atoms with Crippen LogP contribution in [0.5, 0.6) is 0 Å². The maximum Gasteiger partial charge on any atom is 0.248 e. The van der Waals surface area contributed by atoms with Gasteiger partial charge in [-0.05, 0) is 52.4 Å². The first kappa shape index (κ1) is 13.1. The molecule has 0 radical (unpaired) electrons. The van der Waals surface area contributed by atoms with Crippen molar-refractivity contribution >= 4 is 10.0 Å². The number of hydrogen-bond acceptors (Lipinski definition) is 4. The molecule has 0 aromatic carbocycles. The first-order chi connectivity index (χ1) is 8.93. The second-order valence-electron chi connectivity index (χ2n) is 5.80. The van der Waals surface area contributed by atoms with Crippen molar-refractivity contribution in [3.05, 3.63) is 11.5 Å². The van der Waals surface area contributed by atoms with E-state index in [4.69, 9.17) is 4.52 Å². The molecule has 0 bridgehead atoms. The Balaban J connectivity index is 2.01. The van der Waals surface area contributed by atoms with Crippen LogP contribution in [0.1, 0.15) is 44.1 Å². The maximum absolute atomic E-state index is 12.9. The van der Waals surface area contributed by atoms with E-state index in [9.17, 15) is 8.42 Å². The second kappa shape index (κ2) is 4.31. The lowest BCUT2D eigenvalue weighted by atomic mass is 10.2. The van der Waals surface area contributed by atoms with Crippen molar-refractivity contribution < 1.29 is 12.9 Å². The van der Waals surface area contributed by atoms with Gasteiger partial charge in [0.25, 0.3) is 0 Å². The Morgan fingerprint density at radius 2 is 1.89 bits per heavy atom. The molecule has 106 valence electrons. The molecule has 19 heavy (non-hydrogen) atoms. The Morgan fingerprint density at radius 1 is 1.26 bits per heavy atom. The zero-order chi connectivity index (χ0) is 13.8. The van der Waals surface area contributed by atoms with Crippen LogP contribution in [0, 0.1) is 19.8 Å². The maximum atomic E-state index is 12.9. The average molecular weight is 284 g/mol. The fourth-order valence-electron chi connectivity index (χ4n) is 2.81. The van der Waals surface area contributed by atoms with Crippen molar-refractivity contribution in [2.75, 3.05) is 0 Å². The first-order valence-corrected chi connectivity index (χ1v) is 8.33. The summed E-state index contributed by atoms with van der Waals surface area (Å²) in [6.45, 7) is 5.39. The third kappa shape index (κ3) is 2.21. The van der Waals surface area contributed by atoms with Gasteiger partial charge in [0.1, 0.15) is 10.6 Å². The summed E-state index contributed by atoms with van der Waals surface area (Å²) in [5, 5.41) is 3.78. The zero-order valence-electron chi connectivity index (χ0n) is 11.6. The number of aromatic nitrogens is 1. The normalized spacial score (nSPS) is 21.9. The van der Waals surface area contributed by atoms with Crippen LogP contribution in [-0.2, 0) is 10.0 Å². The largest absolute Gasteiger partial charge is 0.360 e. The van der Waals surface area contributed by atoms with Gasteiger partial charge >= 0.3 is 0 Å². The second-order valence-corrected chi connectivity index (χ2v) is 7.58. The summed E-state index contributed by atoms with van der Waals surface area (Å²) >= 11 is 0. The molecule has 1 aromatic rings. The zero-order valence-corrected chi connectivity index (χ0v) is 12.4. The molecule has 2 aliphatic carbocycles. The molecule has 1 unspecified atom stereocenters. The molecule has 0 spiro atoms. The smallest absolute Gasteiger partial charge is 0.248 e. The van der Waals surface area contributed by atoms with E-state index >= 15 is 0 Å². The van der Waals surface area contributed by atoms with Crippen molar-refractivity contribution in [3.63, 3.8) is 0 Å². The number of nitrogens with zero attached hydrogens (tertiary/aromatic N) is 2. The minimum atomic E-state index is -3.48. The van der Waals surface area contributed by atoms with Gasteiger partial charge in [-0.3, -0.25) is 0 Å². The van der Waals surface area contributed by atoms with E-state index < -0.39 is 10.0 Å². The third-order valence-corrected chi connectivity index (χ3v) is 6.40. The number of sulfonamides is 1. The van der Waals surface area contributed by atoms with Crippen molar-refractivity contribution in [2.45, 2.75) is 63.4 Å². The van der Waals surface area contributed by atoms with Gasteiger partial charge in [0.2, 0.25) is 10.0 Å². The van der Waals surface area contributed by atoms with Crippen LogP contribution >= 0.6 is 0 Å². The molecule has 0 saturated heterocycles. The molecular formula is C13H20N2O3S. The lowest BCUT2D eigenvalue weighted by molar-refractivity contribution is 0.300. The molecular weight excluding hydrogens is 264 g/mol. The van der Waals surface area contributed by atoms with Crippen molar-refractivity contribution in [1.29, 1.82) is 0 Å².